The van der Waals surface area contributed by atoms with Crippen LogP contribution >= 0.6 is 0 Å². The van der Waals surface area contributed by atoms with E-state index in [4.69, 9.17) is 0 Å². The number of hydrogen-bond acceptors (Lipinski definition) is 7. The molecule has 0 aliphatic rings. The zero-order valence-electron chi connectivity index (χ0n) is 21.5. The average molecular weight is 532 g/mol. The van der Waals surface area contributed by atoms with Crippen molar-refractivity contribution in [2.45, 2.75) is 51.4 Å². The molecule has 0 aliphatic carbocycles. The minimum absolute atomic E-state index is 0.113. The van der Waals surface area contributed by atoms with Crippen LogP contribution in [-0.4, -0.2) is 51.2 Å². The van der Waals surface area contributed by atoms with E-state index in [2.05, 4.69) is 29.0 Å². The van der Waals surface area contributed by atoms with Gasteiger partial charge in [0.2, 0.25) is 0 Å². The van der Waals surface area contributed by atoms with E-state index >= 15 is 0 Å². The first-order valence-electron chi connectivity index (χ1n) is 12.2. The Morgan fingerprint density at radius 1 is 1.18 bits per heavy atom. The lowest BCUT2D eigenvalue weighted by molar-refractivity contribution is -0.758. The monoisotopic (exact) mass is 531 g/mol. The Labute approximate surface area is 219 Å². The first-order valence-corrected chi connectivity index (χ1v) is 12.2. The van der Waals surface area contributed by atoms with E-state index in [0.29, 0.717) is 13.0 Å². The molecule has 10 nitrogen and oxygen atoms in total. The van der Waals surface area contributed by atoms with Gasteiger partial charge in [-0.05, 0) is 43.7 Å². The molecule has 11 heteroatoms. The number of rotatable bonds is 12. The average Bonchev–Trinajstić information content (AvgIpc) is 3.17. The van der Waals surface area contributed by atoms with E-state index in [0.717, 1.165) is 27.7 Å². The van der Waals surface area contributed by atoms with Crippen LogP contribution < -0.4 is 10.8 Å². The number of aliphatic hydroxyl groups is 2. The van der Waals surface area contributed by atoms with Crippen LogP contribution in [0.25, 0.3) is 28.1 Å². The van der Waals surface area contributed by atoms with Crippen molar-refractivity contribution < 1.29 is 40.2 Å². The Morgan fingerprint density at radius 3 is 2.42 bits per heavy atom. The molecule has 206 valence electrons. The van der Waals surface area contributed by atoms with Crippen molar-refractivity contribution >= 4 is 22.9 Å². The van der Waals surface area contributed by atoms with Crippen molar-refractivity contribution in [3.05, 3.63) is 76.2 Å². The van der Waals surface area contributed by atoms with Crippen LogP contribution in [0.2, 0.25) is 0 Å². The predicted octanol–water partition coefficient (Wildman–Crippen LogP) is 2.12. The summed E-state index contributed by atoms with van der Waals surface area (Å²) in [6.07, 6.45) is 1.09. The van der Waals surface area contributed by atoms with Gasteiger partial charge in [0.05, 0.1) is 18.8 Å². The number of carbonyl (C=O) groups excluding carboxylic acids is 1. The highest BCUT2D eigenvalue weighted by Gasteiger charge is 2.19. The Morgan fingerprint density at radius 2 is 1.84 bits per heavy atom. The maximum absolute atomic E-state index is 13.5. The van der Waals surface area contributed by atoms with Crippen LogP contribution in [0.15, 0.2) is 54.6 Å². The summed E-state index contributed by atoms with van der Waals surface area (Å²) >= 11 is 0. The van der Waals surface area contributed by atoms with Crippen LogP contribution in [-0.2, 0) is 9.63 Å². The van der Waals surface area contributed by atoms with E-state index in [9.17, 15) is 34.6 Å². The van der Waals surface area contributed by atoms with Crippen molar-refractivity contribution in [1.82, 2.24) is 4.57 Å². The molecule has 0 fully saturated rings. The number of quaternary nitrogens is 1. The number of fused-ring (bicyclic) bond motifs is 1. The van der Waals surface area contributed by atoms with Crippen LogP contribution in [0, 0.1) is 15.9 Å². The Balaban J connectivity index is 0.000000550. The molecular weight excluding hydrogens is 497 g/mol. The molecule has 0 saturated carbocycles. The second-order valence-corrected chi connectivity index (χ2v) is 8.90. The molecule has 2 aromatic carbocycles. The Kier molecular flexibility index (Phi) is 11.9. The summed E-state index contributed by atoms with van der Waals surface area (Å²) < 4.78 is 15.6. The quantitative estimate of drug-likeness (QED) is 0.183. The van der Waals surface area contributed by atoms with Gasteiger partial charge in [-0.2, -0.15) is 0 Å². The van der Waals surface area contributed by atoms with Gasteiger partial charge in [-0.1, -0.05) is 36.4 Å². The van der Waals surface area contributed by atoms with Crippen LogP contribution in [0.1, 0.15) is 44.8 Å². The molecule has 1 aromatic heterocycles. The molecule has 0 radical (unpaired) electrons. The summed E-state index contributed by atoms with van der Waals surface area (Å²) in [5.41, 5.74) is 7.09. The molecule has 3 rings (SSSR count). The molecule has 0 bridgehead atoms. The Bertz CT molecular complexity index is 1230. The topological polar surface area (TPSA) is 166 Å². The molecule has 0 amide bonds. The normalized spacial score (nSPS) is 12.8. The summed E-state index contributed by atoms with van der Waals surface area (Å²) in [6.45, 7) is 4.95. The molecule has 0 saturated heterocycles. The van der Waals surface area contributed by atoms with Crippen LogP contribution in [0.3, 0.4) is 0 Å². The second kappa shape index (κ2) is 14.8. The minimum atomic E-state index is -1.36. The largest absolute Gasteiger partial charge is 0.550 e. The van der Waals surface area contributed by atoms with Gasteiger partial charge in [-0.3, -0.25) is 0 Å². The summed E-state index contributed by atoms with van der Waals surface area (Å²) in [4.78, 5) is 24.0. The zero-order chi connectivity index (χ0) is 28.2. The van der Waals surface area contributed by atoms with E-state index in [1.807, 2.05) is 24.3 Å². The highest BCUT2D eigenvalue weighted by molar-refractivity contribution is 6.01. The lowest BCUT2D eigenvalue weighted by atomic mass is 10.0. The van der Waals surface area contributed by atoms with Crippen molar-refractivity contribution in [3.8, 4) is 11.1 Å². The lowest BCUT2D eigenvalue weighted by Gasteiger charge is -2.15. The number of carboxylic acid groups (broad SMARTS) is 1. The smallest absolute Gasteiger partial charge is 0.294 e. The number of carboxylic acids is 1. The molecule has 0 aliphatic heterocycles. The van der Waals surface area contributed by atoms with E-state index in [1.54, 1.807) is 24.3 Å². The third-order valence-corrected chi connectivity index (χ3v) is 5.58. The van der Waals surface area contributed by atoms with Crippen molar-refractivity contribution in [3.63, 3.8) is 0 Å². The van der Waals surface area contributed by atoms with Gasteiger partial charge >= 0.3 is 0 Å². The van der Waals surface area contributed by atoms with Gasteiger partial charge in [0.1, 0.15) is 12.4 Å². The number of aliphatic hydroxyl groups excluding tert-OH is 2. The molecule has 0 unspecified atom stereocenters. The molecular formula is C27H34FN3O7. The van der Waals surface area contributed by atoms with Gasteiger partial charge in [0.15, 0.2) is 0 Å². The minimum Gasteiger partial charge on any atom is -0.550 e. The number of para-hydroxylation sites is 1. The summed E-state index contributed by atoms with van der Waals surface area (Å²) in [5, 5.41) is 40.3. The number of carbonyl (C=O) groups is 1. The maximum atomic E-state index is 13.5. The van der Waals surface area contributed by atoms with Crippen molar-refractivity contribution in [2.75, 3.05) is 13.2 Å². The highest BCUT2D eigenvalue weighted by Crippen LogP contribution is 2.38. The Hall–Kier alpha value is -3.80. The van der Waals surface area contributed by atoms with Crippen LogP contribution in [0.4, 0.5) is 4.39 Å². The molecule has 3 aromatic rings. The van der Waals surface area contributed by atoms with Gasteiger partial charge in [0.25, 0.3) is 5.09 Å². The lowest BCUT2D eigenvalue weighted by Crippen LogP contribution is -2.50. The first kappa shape index (κ1) is 30.4. The van der Waals surface area contributed by atoms with Gasteiger partial charge in [-0.25, -0.2) is 4.39 Å². The fourth-order valence-corrected chi connectivity index (χ4v) is 4.00. The number of halogens is 1. The van der Waals surface area contributed by atoms with Gasteiger partial charge < -0.3 is 35.3 Å². The zero-order valence-corrected chi connectivity index (χ0v) is 21.5. The maximum Gasteiger partial charge on any atom is 0.294 e. The predicted molar refractivity (Wildman–Crippen MR) is 138 cm³/mol. The standard InChI is InChI=1S/C24H26FNO4.C3H8N2O3/c1-15(2)26-21-6-4-3-5-20(21)24(16-7-9-17(25)10-8-16)22(26)12-11-18(27)13-19(28)14-23(29)30;4-2-1-3-8-5(6)7/h3-12,15,18-19,27-28H,13-14H2,1-2H3,(H,29,30);1-4H2/b12-11+;/t18-,19-;/m0./s1. The summed E-state index contributed by atoms with van der Waals surface area (Å²) in [7, 11) is 0. The molecule has 5 N–H and O–H groups in total. The van der Waals surface area contributed by atoms with Gasteiger partial charge in [0, 0.05) is 53.4 Å². The van der Waals surface area contributed by atoms with Gasteiger partial charge in [-0.15, -0.1) is 10.1 Å². The van der Waals surface area contributed by atoms with Crippen LogP contribution in [0.5, 0.6) is 0 Å². The third kappa shape index (κ3) is 8.94. The summed E-state index contributed by atoms with van der Waals surface area (Å²) in [5.74, 6) is -1.68. The third-order valence-electron chi connectivity index (χ3n) is 5.58. The first-order chi connectivity index (χ1) is 18.0. The summed E-state index contributed by atoms with van der Waals surface area (Å²) in [6, 6.07) is 14.3. The SMILES string of the molecule is CC(C)n1c(/C=C/[C@H](O)C[C@H](O)CC(=O)[O-])c(-c2ccc(F)cc2)c2ccccc21.[NH3+]CCCO[N+](=O)[O-]. The molecule has 38 heavy (non-hydrogen) atoms. The van der Waals surface area contributed by atoms with Crippen molar-refractivity contribution in [1.29, 1.82) is 0 Å². The molecule has 2 atom stereocenters. The number of benzene rings is 2. The molecule has 1 heterocycles. The number of aliphatic carboxylic acids is 1. The highest BCUT2D eigenvalue weighted by atomic mass is 19.1. The van der Waals surface area contributed by atoms with E-state index in [1.165, 1.54) is 12.1 Å². The van der Waals surface area contributed by atoms with Crippen molar-refractivity contribution in [2.24, 2.45) is 0 Å². The van der Waals surface area contributed by atoms with E-state index in [-0.39, 0.29) is 24.9 Å². The fraction of sp³-hybridized carbons (Fsp3) is 0.370. The number of hydrogen-bond donors (Lipinski definition) is 3. The number of aromatic nitrogens is 1. The van der Waals surface area contributed by atoms with E-state index < -0.39 is 29.7 Å². The molecule has 0 spiro atoms. The number of nitrogens with zero attached hydrogens (tertiary/aromatic N) is 2. The fourth-order valence-electron chi connectivity index (χ4n) is 4.00. The second-order valence-electron chi connectivity index (χ2n) is 8.90.